The summed E-state index contributed by atoms with van der Waals surface area (Å²) in [6.07, 6.45) is -1.20. The predicted octanol–water partition coefficient (Wildman–Crippen LogP) is -0.302. The highest BCUT2D eigenvalue weighted by molar-refractivity contribution is 5.72. The molecule has 1 aliphatic heterocycles. The van der Waals surface area contributed by atoms with Crippen LogP contribution in [0, 0.1) is 0 Å². The van der Waals surface area contributed by atoms with Crippen LogP contribution in [0.3, 0.4) is 0 Å². The average Bonchev–Trinajstić information content (AvgIpc) is 2.30. The van der Waals surface area contributed by atoms with Crippen molar-refractivity contribution in [2.75, 3.05) is 7.11 Å². The quantitative estimate of drug-likeness (QED) is 0.563. The number of methoxy groups -OCH3 is 1. The van der Waals surface area contributed by atoms with Crippen molar-refractivity contribution < 1.29 is 19.4 Å². The molecule has 0 bridgehead atoms. The third-order valence-electron chi connectivity index (χ3n) is 1.78. The average molecular weight is 160 g/mol. The van der Waals surface area contributed by atoms with E-state index in [9.17, 15) is 4.79 Å². The van der Waals surface area contributed by atoms with Crippen molar-refractivity contribution in [3.8, 4) is 0 Å². The van der Waals surface area contributed by atoms with Gasteiger partial charge in [-0.25, -0.2) is 0 Å². The second-order valence-corrected chi connectivity index (χ2v) is 2.67. The number of esters is 1. The molecule has 0 saturated carbocycles. The lowest BCUT2D eigenvalue weighted by atomic mass is 10.1. The topological polar surface area (TPSA) is 55.8 Å². The lowest BCUT2D eigenvalue weighted by Gasteiger charge is -2.18. The molecule has 4 heteroatoms. The Bertz CT molecular complexity index is 155. The van der Waals surface area contributed by atoms with Gasteiger partial charge in [0.15, 0.2) is 6.10 Å². The molecule has 1 heterocycles. The number of hydrogen-bond donors (Lipinski definition) is 1. The summed E-state index contributed by atoms with van der Waals surface area (Å²) in [7, 11) is 1.50. The van der Waals surface area contributed by atoms with Crippen molar-refractivity contribution in [3.63, 3.8) is 0 Å². The Morgan fingerprint density at radius 1 is 1.82 bits per heavy atom. The lowest BCUT2D eigenvalue weighted by Crippen LogP contribution is -2.33. The molecule has 11 heavy (non-hydrogen) atoms. The summed E-state index contributed by atoms with van der Waals surface area (Å²) >= 11 is 0. The highest BCUT2D eigenvalue weighted by Crippen LogP contribution is 2.20. The van der Waals surface area contributed by atoms with E-state index in [2.05, 4.69) is 0 Å². The molecule has 0 amide bonds. The first kappa shape index (κ1) is 8.49. The van der Waals surface area contributed by atoms with Crippen molar-refractivity contribution in [2.45, 2.75) is 31.7 Å². The van der Waals surface area contributed by atoms with Gasteiger partial charge in [-0.3, -0.25) is 4.79 Å². The molecule has 1 fully saturated rings. The Balaban J connectivity index is 2.57. The van der Waals surface area contributed by atoms with Gasteiger partial charge >= 0.3 is 5.97 Å². The smallest absolute Gasteiger partial charge is 0.309 e. The maximum Gasteiger partial charge on any atom is 0.309 e. The molecule has 0 aromatic heterocycles. The third-order valence-corrected chi connectivity index (χ3v) is 1.78. The van der Waals surface area contributed by atoms with Gasteiger partial charge in [-0.15, -0.1) is 0 Å². The molecular formula is C7H12O4. The van der Waals surface area contributed by atoms with Crippen molar-refractivity contribution in [1.82, 2.24) is 0 Å². The molecule has 0 aromatic rings. The van der Waals surface area contributed by atoms with Crippen LogP contribution in [0.4, 0.5) is 0 Å². The molecule has 0 aromatic carbocycles. The van der Waals surface area contributed by atoms with Crippen LogP contribution in [0.2, 0.25) is 0 Å². The van der Waals surface area contributed by atoms with Crippen LogP contribution in [-0.2, 0) is 14.3 Å². The molecular weight excluding hydrogens is 148 g/mol. The summed E-state index contributed by atoms with van der Waals surface area (Å²) in [5, 5.41) is 9.11. The molecule has 1 N–H and O–H groups in total. The summed E-state index contributed by atoms with van der Waals surface area (Å²) in [6, 6.07) is 0. The van der Waals surface area contributed by atoms with Gasteiger partial charge in [0.1, 0.15) is 6.10 Å². The number of aliphatic hydroxyl groups excluding tert-OH is 1. The van der Waals surface area contributed by atoms with E-state index in [0.717, 1.165) is 0 Å². The van der Waals surface area contributed by atoms with Crippen molar-refractivity contribution in [2.24, 2.45) is 0 Å². The van der Waals surface area contributed by atoms with Gasteiger partial charge in [0, 0.05) is 7.11 Å². The van der Waals surface area contributed by atoms with Crippen molar-refractivity contribution in [1.29, 1.82) is 0 Å². The fraction of sp³-hybridized carbons (Fsp3) is 0.857. The summed E-state index contributed by atoms with van der Waals surface area (Å²) in [5.41, 5.74) is 0. The zero-order valence-electron chi connectivity index (χ0n) is 6.61. The molecule has 4 nitrogen and oxygen atoms in total. The number of rotatable bonds is 2. The molecule has 1 rings (SSSR count). The Morgan fingerprint density at radius 3 is 2.82 bits per heavy atom. The first-order chi connectivity index (χ1) is 5.15. The zero-order chi connectivity index (χ0) is 8.43. The number of aliphatic hydroxyl groups is 1. The minimum Gasteiger partial charge on any atom is -0.457 e. The predicted molar refractivity (Wildman–Crippen MR) is 37.0 cm³/mol. The van der Waals surface area contributed by atoms with E-state index in [1.165, 1.54) is 7.11 Å². The largest absolute Gasteiger partial charge is 0.457 e. The summed E-state index contributed by atoms with van der Waals surface area (Å²) in [5.74, 6) is -0.303. The zero-order valence-corrected chi connectivity index (χ0v) is 6.61. The number of ether oxygens (including phenoxy) is 2. The van der Waals surface area contributed by atoms with Gasteiger partial charge in [0.05, 0.1) is 12.5 Å². The van der Waals surface area contributed by atoms with E-state index < -0.39 is 12.2 Å². The van der Waals surface area contributed by atoms with Crippen LogP contribution in [0.1, 0.15) is 13.3 Å². The second kappa shape index (κ2) is 3.19. The first-order valence-electron chi connectivity index (χ1n) is 3.55. The van der Waals surface area contributed by atoms with Crippen LogP contribution in [0.5, 0.6) is 0 Å². The monoisotopic (exact) mass is 160 g/mol. The summed E-state index contributed by atoms with van der Waals surface area (Å²) < 4.78 is 9.76. The normalized spacial score (nSPS) is 33.5. The van der Waals surface area contributed by atoms with Crippen LogP contribution < -0.4 is 0 Å². The minimum atomic E-state index is -0.661. The molecule has 0 unspecified atom stereocenters. The Morgan fingerprint density at radius 2 is 2.45 bits per heavy atom. The molecule has 3 atom stereocenters. The van der Waals surface area contributed by atoms with Gasteiger partial charge in [-0.05, 0) is 6.92 Å². The first-order valence-corrected chi connectivity index (χ1v) is 3.55. The lowest BCUT2D eigenvalue weighted by molar-refractivity contribution is -0.146. The highest BCUT2D eigenvalue weighted by Gasteiger charge is 2.37. The Labute approximate surface area is 65.1 Å². The van der Waals surface area contributed by atoms with Crippen molar-refractivity contribution in [3.05, 3.63) is 0 Å². The minimum absolute atomic E-state index is 0.242. The summed E-state index contributed by atoms with van der Waals surface area (Å²) in [6.45, 7) is 1.58. The van der Waals surface area contributed by atoms with Crippen LogP contribution in [0.25, 0.3) is 0 Å². The third kappa shape index (κ3) is 1.70. The standard InChI is InChI=1S/C7H12O4/c1-4(8)7-5(10-2)3-6(9)11-7/h4-5,7-8H,3H2,1-2H3/t4-,5-,7-/m1/s1. The Hall–Kier alpha value is -0.610. The van der Waals surface area contributed by atoms with Gasteiger partial charge in [0.25, 0.3) is 0 Å². The SMILES string of the molecule is CO[C@@H]1CC(=O)O[C@@H]1[C@@H](C)O. The molecule has 64 valence electrons. The van der Waals surface area contributed by atoms with Gasteiger partial charge in [-0.1, -0.05) is 0 Å². The molecule has 0 spiro atoms. The van der Waals surface area contributed by atoms with E-state index in [0.29, 0.717) is 0 Å². The maximum atomic E-state index is 10.7. The maximum absolute atomic E-state index is 10.7. The highest BCUT2D eigenvalue weighted by atomic mass is 16.6. The van der Waals surface area contributed by atoms with Crippen LogP contribution >= 0.6 is 0 Å². The van der Waals surface area contributed by atoms with E-state index in [4.69, 9.17) is 14.6 Å². The van der Waals surface area contributed by atoms with Gasteiger partial charge in [0.2, 0.25) is 0 Å². The molecule has 1 saturated heterocycles. The van der Waals surface area contributed by atoms with Gasteiger partial charge in [-0.2, -0.15) is 0 Å². The number of hydrogen-bond acceptors (Lipinski definition) is 4. The fourth-order valence-corrected chi connectivity index (χ4v) is 1.18. The number of carbonyl (C=O) groups excluding carboxylic acids is 1. The number of cyclic esters (lactones) is 1. The van der Waals surface area contributed by atoms with Crippen LogP contribution in [0.15, 0.2) is 0 Å². The number of carbonyl (C=O) groups is 1. The van der Waals surface area contributed by atoms with E-state index >= 15 is 0 Å². The van der Waals surface area contributed by atoms with Crippen LogP contribution in [-0.4, -0.2) is 36.5 Å². The van der Waals surface area contributed by atoms with E-state index in [1.807, 2.05) is 0 Å². The molecule has 0 aliphatic carbocycles. The van der Waals surface area contributed by atoms with Crippen molar-refractivity contribution >= 4 is 5.97 Å². The second-order valence-electron chi connectivity index (χ2n) is 2.67. The van der Waals surface area contributed by atoms with Gasteiger partial charge < -0.3 is 14.6 Å². The fourth-order valence-electron chi connectivity index (χ4n) is 1.18. The summed E-state index contributed by atoms with van der Waals surface area (Å²) in [4.78, 5) is 10.7. The molecule has 1 aliphatic rings. The Kier molecular flexibility index (Phi) is 2.46. The molecule has 0 radical (unpaired) electrons. The van der Waals surface area contributed by atoms with E-state index in [1.54, 1.807) is 6.92 Å². The van der Waals surface area contributed by atoms with E-state index in [-0.39, 0.29) is 18.5 Å².